The van der Waals surface area contributed by atoms with Gasteiger partial charge in [-0.2, -0.15) is 5.10 Å². The van der Waals surface area contributed by atoms with Crippen LogP contribution in [0.2, 0.25) is 0 Å². The fourth-order valence-corrected chi connectivity index (χ4v) is 3.69. The molecule has 1 aromatic carbocycles. The van der Waals surface area contributed by atoms with Gasteiger partial charge in [0, 0.05) is 48.6 Å². The second kappa shape index (κ2) is 9.11. The highest BCUT2D eigenvalue weighted by molar-refractivity contribution is 5.85. The maximum absolute atomic E-state index is 5.98. The van der Waals surface area contributed by atoms with Gasteiger partial charge < -0.3 is 11.1 Å². The second-order valence-corrected chi connectivity index (χ2v) is 7.67. The first-order chi connectivity index (χ1) is 13.3. The number of halogens is 2. The van der Waals surface area contributed by atoms with Crippen LogP contribution in [0.1, 0.15) is 54.6 Å². The number of aromatic nitrogens is 4. The number of para-hydroxylation sites is 1. The second-order valence-electron chi connectivity index (χ2n) is 7.67. The van der Waals surface area contributed by atoms with E-state index in [9.17, 15) is 0 Å². The first-order valence-electron chi connectivity index (χ1n) is 9.72. The van der Waals surface area contributed by atoms with Crippen molar-refractivity contribution in [3.8, 4) is 5.69 Å². The molecule has 2 aliphatic carbocycles. The third kappa shape index (κ3) is 4.71. The van der Waals surface area contributed by atoms with Crippen LogP contribution in [0.25, 0.3) is 5.69 Å². The predicted octanol–water partition coefficient (Wildman–Crippen LogP) is 4.20. The Morgan fingerprint density at radius 3 is 2.52 bits per heavy atom. The Hall–Kier alpha value is -2.15. The molecule has 6 nitrogen and oxygen atoms in total. The molecule has 0 spiro atoms. The van der Waals surface area contributed by atoms with Gasteiger partial charge in [0.2, 0.25) is 0 Å². The fraction of sp³-hybridized carbons (Fsp3) is 0.381. The number of nitrogens with two attached hydrogens (primary N) is 1. The van der Waals surface area contributed by atoms with Gasteiger partial charge in [-0.1, -0.05) is 18.2 Å². The molecule has 29 heavy (non-hydrogen) atoms. The van der Waals surface area contributed by atoms with Gasteiger partial charge in [-0.05, 0) is 43.4 Å². The lowest BCUT2D eigenvalue weighted by atomic mass is 9.78. The highest BCUT2D eigenvalue weighted by Gasteiger charge is 2.32. The Balaban J connectivity index is 0.00000120. The summed E-state index contributed by atoms with van der Waals surface area (Å²) in [5, 5.41) is 7.88. The number of nitrogens with one attached hydrogen (secondary N) is 1. The van der Waals surface area contributed by atoms with Crippen LogP contribution in [0.4, 0.5) is 5.82 Å². The summed E-state index contributed by atoms with van der Waals surface area (Å²) < 4.78 is 1.90. The molecule has 8 heteroatoms. The van der Waals surface area contributed by atoms with Gasteiger partial charge in [0.15, 0.2) is 0 Å². The zero-order valence-electron chi connectivity index (χ0n) is 16.1. The van der Waals surface area contributed by atoms with Gasteiger partial charge in [-0.15, -0.1) is 24.8 Å². The smallest absolute Gasteiger partial charge is 0.134 e. The number of benzene rings is 1. The molecule has 2 aliphatic rings. The van der Waals surface area contributed by atoms with Crippen molar-refractivity contribution in [3.63, 3.8) is 0 Å². The number of hydrogen-bond donors (Lipinski definition) is 2. The lowest BCUT2D eigenvalue weighted by Crippen LogP contribution is -2.35. The van der Waals surface area contributed by atoms with Crippen LogP contribution in [0.3, 0.4) is 0 Å². The summed E-state index contributed by atoms with van der Waals surface area (Å²) in [7, 11) is 0. The molecule has 0 atom stereocenters. The first-order valence-corrected chi connectivity index (χ1v) is 9.72. The molecule has 0 saturated heterocycles. The Morgan fingerprint density at radius 2 is 1.83 bits per heavy atom. The quantitative estimate of drug-likeness (QED) is 0.609. The van der Waals surface area contributed by atoms with Gasteiger partial charge in [0.25, 0.3) is 0 Å². The van der Waals surface area contributed by atoms with E-state index in [2.05, 4.69) is 34.7 Å². The van der Waals surface area contributed by atoms with Crippen molar-refractivity contribution in [2.45, 2.75) is 50.1 Å². The molecule has 0 aliphatic heterocycles. The monoisotopic (exact) mass is 432 g/mol. The highest BCUT2D eigenvalue weighted by atomic mass is 35.5. The topological polar surface area (TPSA) is 81.6 Å². The minimum atomic E-state index is 0. The van der Waals surface area contributed by atoms with Crippen LogP contribution in [0, 0.1) is 0 Å². The molecule has 2 heterocycles. The number of nitrogens with zero attached hydrogens (tertiary/aromatic N) is 4. The van der Waals surface area contributed by atoms with E-state index >= 15 is 0 Å². The average molecular weight is 433 g/mol. The molecule has 0 bridgehead atoms. The Labute approximate surface area is 183 Å². The van der Waals surface area contributed by atoms with Crippen molar-refractivity contribution in [1.82, 2.24) is 19.7 Å². The normalized spacial score (nSPS) is 20.2. The largest absolute Gasteiger partial charge is 0.366 e. The van der Waals surface area contributed by atoms with E-state index in [1.807, 2.05) is 23.0 Å². The third-order valence-corrected chi connectivity index (χ3v) is 5.50. The minimum absolute atomic E-state index is 0. The van der Waals surface area contributed by atoms with Crippen LogP contribution in [-0.4, -0.2) is 25.8 Å². The molecular weight excluding hydrogens is 407 g/mol. The van der Waals surface area contributed by atoms with Crippen molar-refractivity contribution in [1.29, 1.82) is 0 Å². The van der Waals surface area contributed by atoms with E-state index < -0.39 is 0 Å². The summed E-state index contributed by atoms with van der Waals surface area (Å²) in [6.07, 6.45) is 8.23. The number of rotatable bonds is 6. The molecular formula is C21H26Cl2N6. The van der Waals surface area contributed by atoms with Crippen LogP contribution < -0.4 is 11.1 Å². The summed E-state index contributed by atoms with van der Waals surface area (Å²) in [6.45, 7) is 0.695. The molecule has 3 aromatic rings. The molecule has 0 radical (unpaired) electrons. The highest BCUT2D eigenvalue weighted by Crippen LogP contribution is 2.41. The SMILES string of the molecule is Cl.Cl.NC1CC(c2cc(NCc3ccccc3-n3cccn3)nc(C3CC3)n2)C1. The van der Waals surface area contributed by atoms with Gasteiger partial charge in [0.1, 0.15) is 11.6 Å². The van der Waals surface area contributed by atoms with Gasteiger partial charge in [-0.3, -0.25) is 0 Å². The number of anilines is 1. The van der Waals surface area contributed by atoms with E-state index in [0.717, 1.165) is 35.9 Å². The summed E-state index contributed by atoms with van der Waals surface area (Å²) in [6, 6.07) is 12.7. The molecule has 2 fully saturated rings. The van der Waals surface area contributed by atoms with Gasteiger partial charge >= 0.3 is 0 Å². The summed E-state index contributed by atoms with van der Waals surface area (Å²) in [4.78, 5) is 9.63. The summed E-state index contributed by atoms with van der Waals surface area (Å²) in [5.41, 5.74) is 9.40. The maximum Gasteiger partial charge on any atom is 0.134 e. The maximum atomic E-state index is 5.98. The molecule has 2 saturated carbocycles. The van der Waals surface area contributed by atoms with E-state index in [4.69, 9.17) is 15.7 Å². The Morgan fingerprint density at radius 1 is 1.03 bits per heavy atom. The van der Waals surface area contributed by atoms with Gasteiger partial charge in [-0.25, -0.2) is 14.6 Å². The first kappa shape index (κ1) is 21.6. The van der Waals surface area contributed by atoms with Crippen molar-refractivity contribution in [2.75, 3.05) is 5.32 Å². The van der Waals surface area contributed by atoms with Crippen LogP contribution in [0.15, 0.2) is 48.8 Å². The van der Waals surface area contributed by atoms with Crippen molar-refractivity contribution >= 4 is 30.6 Å². The summed E-state index contributed by atoms with van der Waals surface area (Å²) >= 11 is 0. The molecule has 0 amide bonds. The van der Waals surface area contributed by atoms with E-state index in [1.165, 1.54) is 18.4 Å². The lowest BCUT2D eigenvalue weighted by molar-refractivity contribution is 0.344. The molecule has 0 unspecified atom stereocenters. The zero-order chi connectivity index (χ0) is 18.2. The lowest BCUT2D eigenvalue weighted by Gasteiger charge is -2.32. The standard InChI is InChI=1S/C21H24N6.2ClH/c22-17-10-16(11-17)18-12-20(26-21(25-18)14-6-7-14)23-13-15-4-1-2-5-19(15)27-9-3-8-24-27;;/h1-5,8-9,12,14,16-17H,6-7,10-11,13,22H2,(H,23,25,26);2*1H. The van der Waals surface area contributed by atoms with Crippen molar-refractivity contribution in [2.24, 2.45) is 5.73 Å². The predicted molar refractivity (Wildman–Crippen MR) is 119 cm³/mol. The van der Waals surface area contributed by atoms with Crippen molar-refractivity contribution in [3.05, 3.63) is 65.9 Å². The van der Waals surface area contributed by atoms with Crippen LogP contribution in [-0.2, 0) is 6.54 Å². The van der Waals surface area contributed by atoms with Crippen LogP contribution in [0.5, 0.6) is 0 Å². The van der Waals surface area contributed by atoms with E-state index in [-0.39, 0.29) is 24.8 Å². The molecule has 3 N–H and O–H groups in total. The third-order valence-electron chi connectivity index (χ3n) is 5.50. The molecule has 2 aromatic heterocycles. The number of hydrogen-bond acceptors (Lipinski definition) is 5. The van der Waals surface area contributed by atoms with Gasteiger partial charge in [0.05, 0.1) is 5.69 Å². The summed E-state index contributed by atoms with van der Waals surface area (Å²) in [5.74, 6) is 2.93. The average Bonchev–Trinajstić information content (AvgIpc) is 3.38. The van der Waals surface area contributed by atoms with Crippen LogP contribution >= 0.6 is 24.8 Å². The molecule has 154 valence electrons. The molecule has 5 rings (SSSR count). The van der Waals surface area contributed by atoms with E-state index in [1.54, 1.807) is 6.20 Å². The Bertz CT molecular complexity index is 936. The fourth-order valence-electron chi connectivity index (χ4n) is 3.69. The zero-order valence-corrected chi connectivity index (χ0v) is 17.7. The van der Waals surface area contributed by atoms with E-state index in [0.29, 0.717) is 24.4 Å². The minimum Gasteiger partial charge on any atom is -0.366 e. The Kier molecular flexibility index (Phi) is 6.77. The van der Waals surface area contributed by atoms with Crippen molar-refractivity contribution < 1.29 is 0 Å².